The van der Waals surface area contributed by atoms with Crippen molar-refractivity contribution in [3.8, 4) is 0 Å². The van der Waals surface area contributed by atoms with Crippen LogP contribution in [0.2, 0.25) is 0 Å². The lowest BCUT2D eigenvalue weighted by atomic mass is 10.00. The molecule has 1 aromatic carbocycles. The molecular formula is C24H27ClF6N2O8. The van der Waals surface area contributed by atoms with E-state index in [0.29, 0.717) is 5.56 Å². The Morgan fingerprint density at radius 3 is 1.76 bits per heavy atom. The largest absolute Gasteiger partial charge is 0.449 e. The van der Waals surface area contributed by atoms with Crippen LogP contribution in [0.5, 0.6) is 0 Å². The Kier molecular flexibility index (Phi) is 12.4. The molecule has 1 heterocycles. The van der Waals surface area contributed by atoms with Gasteiger partial charge in [0.1, 0.15) is 5.60 Å². The molecule has 0 unspecified atom stereocenters. The van der Waals surface area contributed by atoms with Gasteiger partial charge in [0.25, 0.3) is 0 Å². The number of hydrogen-bond acceptors (Lipinski definition) is 8. The lowest BCUT2D eigenvalue weighted by Crippen LogP contribution is -2.58. The zero-order valence-electron chi connectivity index (χ0n) is 22.2. The summed E-state index contributed by atoms with van der Waals surface area (Å²) in [5.41, 5.74) is -0.108. The predicted molar refractivity (Wildman–Crippen MR) is 128 cm³/mol. The van der Waals surface area contributed by atoms with Crippen LogP contribution in [-0.4, -0.2) is 89.3 Å². The van der Waals surface area contributed by atoms with Gasteiger partial charge in [0.2, 0.25) is 0 Å². The summed E-state index contributed by atoms with van der Waals surface area (Å²) in [5.74, 6) is -4.49. The van der Waals surface area contributed by atoms with Crippen LogP contribution in [0, 0.1) is 0 Å². The van der Waals surface area contributed by atoms with Crippen molar-refractivity contribution in [3.05, 3.63) is 35.9 Å². The summed E-state index contributed by atoms with van der Waals surface area (Å²) in [4.78, 5) is 59.5. The van der Waals surface area contributed by atoms with E-state index in [9.17, 15) is 50.3 Å². The Morgan fingerprint density at radius 2 is 1.32 bits per heavy atom. The van der Waals surface area contributed by atoms with Crippen molar-refractivity contribution in [2.24, 2.45) is 0 Å². The molecule has 1 aliphatic heterocycles. The van der Waals surface area contributed by atoms with Crippen molar-refractivity contribution >= 4 is 40.8 Å². The molecule has 2 atom stereocenters. The van der Waals surface area contributed by atoms with E-state index in [2.05, 4.69) is 21.1 Å². The number of esters is 2. The van der Waals surface area contributed by atoms with Gasteiger partial charge in [0.15, 0.2) is 13.2 Å². The van der Waals surface area contributed by atoms with E-state index in [4.69, 9.17) is 4.74 Å². The monoisotopic (exact) mass is 620 g/mol. The highest BCUT2D eigenvalue weighted by Crippen LogP contribution is 2.30. The Balaban J connectivity index is 0.000000646. The van der Waals surface area contributed by atoms with Crippen molar-refractivity contribution in [1.82, 2.24) is 9.80 Å². The summed E-state index contributed by atoms with van der Waals surface area (Å²) >= 11 is 4.48. The number of carbonyl (C=O) groups is 5. The average molecular weight is 621 g/mol. The summed E-state index contributed by atoms with van der Waals surface area (Å²) < 4.78 is 83.7. The molecule has 1 fully saturated rings. The van der Waals surface area contributed by atoms with Crippen LogP contribution in [0.1, 0.15) is 39.3 Å². The molecule has 1 saturated heterocycles. The van der Waals surface area contributed by atoms with E-state index in [1.165, 1.54) is 4.90 Å². The summed E-state index contributed by atoms with van der Waals surface area (Å²) in [6.07, 6.45) is -9.96. The molecule has 1 aliphatic rings. The van der Waals surface area contributed by atoms with Crippen molar-refractivity contribution < 1.29 is 64.5 Å². The van der Waals surface area contributed by atoms with Crippen LogP contribution in [-0.2, 0) is 33.4 Å². The molecule has 41 heavy (non-hydrogen) atoms. The minimum absolute atomic E-state index is 0.0123. The van der Waals surface area contributed by atoms with Crippen molar-refractivity contribution in [2.45, 2.75) is 57.7 Å². The normalized spacial score (nSPS) is 17.5. The van der Waals surface area contributed by atoms with Gasteiger partial charge in [-0.3, -0.25) is 9.59 Å². The van der Waals surface area contributed by atoms with Gasteiger partial charge in [-0.2, -0.15) is 26.3 Å². The number of benzene rings is 1. The maximum Gasteiger partial charge on any atom is 0.422 e. The fourth-order valence-corrected chi connectivity index (χ4v) is 3.32. The first-order valence-electron chi connectivity index (χ1n) is 11.6. The van der Waals surface area contributed by atoms with Crippen LogP contribution < -0.4 is 0 Å². The molecule has 1 aromatic rings. The third kappa shape index (κ3) is 13.1. The van der Waals surface area contributed by atoms with Gasteiger partial charge in [-0.05, 0) is 44.9 Å². The first-order chi connectivity index (χ1) is 18.6. The molecule has 0 N–H and O–H groups in total. The molecule has 0 saturated carbocycles. The quantitative estimate of drug-likeness (QED) is 0.162. The average Bonchev–Trinajstić information content (AvgIpc) is 2.84. The number of amides is 2. The number of ether oxygens (including phenoxy) is 3. The highest BCUT2D eigenvalue weighted by molar-refractivity contribution is 6.80. The second-order valence-electron chi connectivity index (χ2n) is 9.52. The number of piperazine rings is 1. The maximum absolute atomic E-state index is 12.6. The zero-order chi connectivity index (χ0) is 31.8. The molecule has 17 heteroatoms. The highest BCUT2D eigenvalue weighted by atomic mass is 35.5. The van der Waals surface area contributed by atoms with Gasteiger partial charge in [-0.15, -0.1) is 0 Å². The van der Waals surface area contributed by atoms with Gasteiger partial charge in [0, 0.05) is 19.1 Å². The summed E-state index contributed by atoms with van der Waals surface area (Å²) in [7, 11) is 0. The Hall–Kier alpha value is -3.56. The predicted octanol–water partition coefficient (Wildman–Crippen LogP) is 4.16. The van der Waals surface area contributed by atoms with Crippen LogP contribution >= 0.6 is 11.6 Å². The van der Waals surface area contributed by atoms with Gasteiger partial charge in [0.05, 0.1) is 6.04 Å². The van der Waals surface area contributed by atoms with E-state index < -0.39 is 72.4 Å². The minimum Gasteiger partial charge on any atom is -0.449 e. The minimum atomic E-state index is -4.74. The summed E-state index contributed by atoms with van der Waals surface area (Å²) in [6.45, 7) is 3.12. The van der Waals surface area contributed by atoms with E-state index >= 15 is 0 Å². The third-order valence-corrected chi connectivity index (χ3v) is 5.04. The number of halogens is 7. The van der Waals surface area contributed by atoms with Crippen molar-refractivity contribution in [3.63, 3.8) is 0 Å². The standard InChI is InChI=1S/C20H25F3N2O5.C4H2ClF3O3/c1-13-10-25(16(26)17(27)29-12-20(21,22)23)15(14-8-6-5-7-9-14)11-24(13)18(28)30-19(2,3)4;5-2(9)3(10)11-1-4(6,7)8/h5-9,13,15H,10-12H2,1-4H3;1H2/t13-,15-;/m1./s1. The van der Waals surface area contributed by atoms with Crippen LogP contribution in [0.4, 0.5) is 31.1 Å². The van der Waals surface area contributed by atoms with E-state index in [0.717, 1.165) is 4.90 Å². The molecule has 0 aromatic heterocycles. The molecule has 0 bridgehead atoms. The second kappa shape index (κ2) is 14.4. The lowest BCUT2D eigenvalue weighted by molar-refractivity contribution is -0.190. The first-order valence-corrected chi connectivity index (χ1v) is 12.0. The number of carbonyl (C=O) groups excluding carboxylic acids is 5. The van der Waals surface area contributed by atoms with Crippen LogP contribution in [0.3, 0.4) is 0 Å². The second-order valence-corrected chi connectivity index (χ2v) is 9.87. The van der Waals surface area contributed by atoms with Gasteiger partial charge in [-0.1, -0.05) is 30.3 Å². The fraction of sp³-hybridized carbons (Fsp3) is 0.542. The fourth-order valence-electron chi connectivity index (χ4n) is 3.27. The summed E-state index contributed by atoms with van der Waals surface area (Å²) in [6, 6.07) is 7.32. The highest BCUT2D eigenvalue weighted by Gasteiger charge is 2.42. The topological polar surface area (TPSA) is 120 Å². The van der Waals surface area contributed by atoms with Gasteiger partial charge in [-0.25, -0.2) is 14.4 Å². The molecule has 0 spiro atoms. The number of nitrogens with zero attached hydrogens (tertiary/aromatic N) is 2. The molecule has 2 rings (SSSR count). The Labute approximate surface area is 235 Å². The van der Waals surface area contributed by atoms with Crippen molar-refractivity contribution in [1.29, 1.82) is 0 Å². The van der Waals surface area contributed by atoms with Gasteiger partial charge < -0.3 is 24.0 Å². The maximum atomic E-state index is 12.6. The van der Waals surface area contributed by atoms with Crippen LogP contribution in [0.15, 0.2) is 30.3 Å². The number of rotatable bonds is 4. The molecular weight excluding hydrogens is 594 g/mol. The number of hydrogen-bond donors (Lipinski definition) is 0. The molecule has 0 radical (unpaired) electrons. The van der Waals surface area contributed by atoms with E-state index in [-0.39, 0.29) is 13.1 Å². The summed E-state index contributed by atoms with van der Waals surface area (Å²) in [5, 5.41) is -1.57. The van der Waals surface area contributed by atoms with Crippen molar-refractivity contribution in [2.75, 3.05) is 26.3 Å². The number of alkyl halides is 6. The smallest absolute Gasteiger partial charge is 0.422 e. The Bertz CT molecular complexity index is 1090. The van der Waals surface area contributed by atoms with Crippen LogP contribution in [0.25, 0.3) is 0 Å². The SMILES string of the molecule is C[C@@H]1CN(C(=O)C(=O)OCC(F)(F)F)[C@@H](c2ccccc2)CN1C(=O)OC(C)(C)C.O=C(Cl)C(=O)OCC(F)(F)F. The molecule has 0 aliphatic carbocycles. The molecule has 2 amide bonds. The first kappa shape index (κ1) is 35.5. The zero-order valence-corrected chi connectivity index (χ0v) is 22.9. The third-order valence-electron chi connectivity index (χ3n) is 4.88. The lowest BCUT2D eigenvalue weighted by Gasteiger charge is -2.45. The Morgan fingerprint density at radius 1 is 0.829 bits per heavy atom. The molecule has 10 nitrogen and oxygen atoms in total. The molecule has 230 valence electrons. The van der Waals surface area contributed by atoms with E-state index in [1.54, 1.807) is 58.0 Å². The van der Waals surface area contributed by atoms with Gasteiger partial charge >= 0.3 is 41.5 Å². The van der Waals surface area contributed by atoms with E-state index in [1.807, 2.05) is 0 Å².